The van der Waals surface area contributed by atoms with Crippen LogP contribution in [0.2, 0.25) is 0 Å². The van der Waals surface area contributed by atoms with Crippen molar-refractivity contribution < 1.29 is 66.7 Å². The van der Waals surface area contributed by atoms with Crippen molar-refractivity contribution in [3.05, 3.63) is 48.6 Å². The summed E-state index contributed by atoms with van der Waals surface area (Å²) in [5.74, 6) is -0.429. The van der Waals surface area contributed by atoms with Gasteiger partial charge in [-0.2, -0.15) is 0 Å². The van der Waals surface area contributed by atoms with E-state index in [-0.39, 0.29) is 12.8 Å². The van der Waals surface area contributed by atoms with Crippen molar-refractivity contribution in [2.75, 3.05) is 26.4 Å². The molecule has 0 rings (SSSR count). The van der Waals surface area contributed by atoms with Crippen molar-refractivity contribution >= 4 is 27.6 Å². The first-order valence-electron chi connectivity index (χ1n) is 19.8. The van der Waals surface area contributed by atoms with E-state index in [0.717, 1.165) is 25.7 Å². The highest BCUT2D eigenvalue weighted by atomic mass is 31.2. The third-order valence-corrected chi connectivity index (χ3v) is 9.41. The quantitative estimate of drug-likeness (QED) is 0.0132. The number of carbonyl (C=O) groups is 2. The lowest BCUT2D eigenvalue weighted by Crippen LogP contribution is -2.29. The number of hydrogen-bond donors (Lipinski definition) is 5. The normalized spacial score (nSPS) is 15.4. The van der Waals surface area contributed by atoms with Crippen molar-refractivity contribution in [1.82, 2.24) is 0 Å². The van der Waals surface area contributed by atoms with Gasteiger partial charge in [-0.05, 0) is 50.9 Å². The van der Waals surface area contributed by atoms with E-state index in [1.165, 1.54) is 44.9 Å². The molecule has 0 aliphatic heterocycles. The maximum atomic E-state index is 12.6. The van der Waals surface area contributed by atoms with Gasteiger partial charge in [-0.15, -0.1) is 0 Å². The molecule has 0 amide bonds. The first kappa shape index (κ1) is 53.0. The molecule has 1 unspecified atom stereocenters. The van der Waals surface area contributed by atoms with Crippen LogP contribution in [0, 0.1) is 5.92 Å². The predicted octanol–water partition coefficient (Wildman–Crippen LogP) is 8.33. The fourth-order valence-corrected chi connectivity index (χ4v) is 6.06. The summed E-state index contributed by atoms with van der Waals surface area (Å²) < 4.78 is 47.5. The highest BCUT2D eigenvalue weighted by molar-refractivity contribution is 7.47. The minimum Gasteiger partial charge on any atom is -0.462 e. The summed E-state index contributed by atoms with van der Waals surface area (Å²) in [5.41, 5.74) is 0. The summed E-state index contributed by atoms with van der Waals surface area (Å²) in [6.45, 7) is 3.78. The predicted molar refractivity (Wildman–Crippen MR) is 213 cm³/mol. The van der Waals surface area contributed by atoms with E-state index in [1.807, 2.05) is 36.5 Å². The van der Waals surface area contributed by atoms with Gasteiger partial charge in [-0.1, -0.05) is 127 Å². The van der Waals surface area contributed by atoms with Crippen LogP contribution in [-0.4, -0.2) is 81.6 Å². The van der Waals surface area contributed by atoms with Gasteiger partial charge in [0.2, 0.25) is 0 Å². The van der Waals surface area contributed by atoms with Crippen LogP contribution >= 0.6 is 15.6 Å². The van der Waals surface area contributed by atoms with E-state index in [1.54, 1.807) is 6.08 Å². The van der Waals surface area contributed by atoms with Gasteiger partial charge >= 0.3 is 27.6 Å². The first-order chi connectivity index (χ1) is 26.1. The number of hydrogen-bond acceptors (Lipinski definition) is 11. The Balaban J connectivity index is 4.74. The lowest BCUT2D eigenvalue weighted by atomic mass is 10.0. The highest BCUT2D eigenvalue weighted by Gasteiger charge is 2.28. The van der Waals surface area contributed by atoms with Crippen LogP contribution in [0.4, 0.5) is 0 Å². The van der Waals surface area contributed by atoms with E-state index >= 15 is 0 Å². The SMILES string of the molecule is CCCCC/C=C\C[C@H](O)/C=C/C=C\C/C=C\CCCC(=O)O[C@H](COC(=O)CCCCCCCCCC(C)C)COP(=O)(O)OC[C@@H](O)COP(=O)(O)O. The van der Waals surface area contributed by atoms with E-state index in [4.69, 9.17) is 23.8 Å². The largest absolute Gasteiger partial charge is 0.472 e. The standard InChI is InChI=1S/C39H70O14P2/c1-4-5-6-7-16-21-26-35(40)27-22-17-12-8-9-13-19-24-29-39(43)53-37(33-52-55(47,48)51-31-36(41)30-50-54(44,45)46)32-49-38(42)28-23-18-14-10-11-15-20-25-34(2)3/h9,12-13,16-17,21-22,27,34-37,40-41H,4-8,10-11,14-15,18-20,23-26,28-33H2,1-3H3,(H,47,48)(H2,44,45,46)/b13-9-,17-12-,21-16-,27-22+/t35-,36-,37+/m0/s1. The van der Waals surface area contributed by atoms with Crippen LogP contribution in [-0.2, 0) is 41.8 Å². The Bertz CT molecular complexity index is 1200. The van der Waals surface area contributed by atoms with E-state index in [2.05, 4.69) is 35.9 Å². The summed E-state index contributed by atoms with van der Waals surface area (Å²) in [7, 11) is -9.70. The summed E-state index contributed by atoms with van der Waals surface area (Å²) in [6.07, 6.45) is 27.5. The Morgan fingerprint density at radius 1 is 0.655 bits per heavy atom. The topological polar surface area (TPSA) is 216 Å². The number of ether oxygens (including phenoxy) is 2. The van der Waals surface area contributed by atoms with Crippen LogP contribution in [0.25, 0.3) is 0 Å². The summed E-state index contributed by atoms with van der Waals surface area (Å²) >= 11 is 0. The second kappa shape index (κ2) is 34.1. The van der Waals surface area contributed by atoms with E-state index < -0.39 is 72.3 Å². The fourth-order valence-electron chi connectivity index (χ4n) is 4.90. The van der Waals surface area contributed by atoms with Crippen LogP contribution in [0.1, 0.15) is 136 Å². The van der Waals surface area contributed by atoms with Gasteiger partial charge < -0.3 is 34.4 Å². The number of rotatable bonds is 36. The Morgan fingerprint density at radius 2 is 1.27 bits per heavy atom. The lowest BCUT2D eigenvalue weighted by molar-refractivity contribution is -0.161. The molecule has 0 bridgehead atoms. The Labute approximate surface area is 329 Å². The van der Waals surface area contributed by atoms with E-state index in [9.17, 15) is 33.8 Å². The summed E-state index contributed by atoms with van der Waals surface area (Å²) in [4.78, 5) is 52.4. The number of phosphoric acid groups is 2. The molecular weight excluding hydrogens is 754 g/mol. The molecule has 0 aliphatic carbocycles. The molecule has 0 fully saturated rings. The molecule has 0 saturated carbocycles. The third kappa shape index (κ3) is 38.7. The molecule has 5 N–H and O–H groups in total. The molecule has 0 spiro atoms. The van der Waals surface area contributed by atoms with Crippen LogP contribution in [0.5, 0.6) is 0 Å². The van der Waals surface area contributed by atoms with Crippen molar-refractivity contribution in [3.63, 3.8) is 0 Å². The number of aliphatic hydroxyl groups excluding tert-OH is 2. The number of phosphoric ester groups is 2. The first-order valence-corrected chi connectivity index (χ1v) is 22.8. The Morgan fingerprint density at radius 3 is 1.96 bits per heavy atom. The number of esters is 2. The van der Waals surface area contributed by atoms with Gasteiger partial charge in [0.05, 0.1) is 25.9 Å². The second-order valence-corrected chi connectivity index (χ2v) is 16.6. The lowest BCUT2D eigenvalue weighted by Gasteiger charge is -2.20. The van der Waals surface area contributed by atoms with Crippen LogP contribution in [0.3, 0.4) is 0 Å². The smallest absolute Gasteiger partial charge is 0.462 e. The van der Waals surface area contributed by atoms with Gasteiger partial charge in [0.15, 0.2) is 6.10 Å². The van der Waals surface area contributed by atoms with E-state index in [0.29, 0.717) is 38.0 Å². The van der Waals surface area contributed by atoms with Gasteiger partial charge in [0.25, 0.3) is 0 Å². The van der Waals surface area contributed by atoms with Gasteiger partial charge in [-0.25, -0.2) is 9.13 Å². The van der Waals surface area contributed by atoms with Crippen molar-refractivity contribution in [2.45, 2.75) is 155 Å². The maximum absolute atomic E-state index is 12.6. The Kier molecular flexibility index (Phi) is 32.9. The molecule has 0 aromatic heterocycles. The zero-order valence-corrected chi connectivity index (χ0v) is 35.1. The number of carbonyl (C=O) groups excluding carboxylic acids is 2. The van der Waals surface area contributed by atoms with Gasteiger partial charge in [-0.3, -0.25) is 23.2 Å². The number of allylic oxidation sites excluding steroid dienone is 6. The number of unbranched alkanes of at least 4 members (excludes halogenated alkanes) is 10. The maximum Gasteiger partial charge on any atom is 0.472 e. The molecule has 14 nitrogen and oxygen atoms in total. The molecule has 4 atom stereocenters. The van der Waals surface area contributed by atoms with Crippen LogP contribution < -0.4 is 0 Å². The fraction of sp³-hybridized carbons (Fsp3) is 0.744. The molecule has 0 saturated heterocycles. The molecule has 320 valence electrons. The third-order valence-electron chi connectivity index (χ3n) is 7.97. The molecule has 0 heterocycles. The van der Waals surface area contributed by atoms with Gasteiger partial charge in [0, 0.05) is 12.8 Å². The zero-order valence-electron chi connectivity index (χ0n) is 33.3. The highest BCUT2D eigenvalue weighted by Crippen LogP contribution is 2.43. The van der Waals surface area contributed by atoms with Crippen molar-refractivity contribution in [3.8, 4) is 0 Å². The monoisotopic (exact) mass is 824 g/mol. The molecule has 16 heteroatoms. The minimum absolute atomic E-state index is 0.0226. The summed E-state index contributed by atoms with van der Waals surface area (Å²) in [6, 6.07) is 0. The van der Waals surface area contributed by atoms with Crippen LogP contribution in [0.15, 0.2) is 48.6 Å². The zero-order chi connectivity index (χ0) is 41.2. The number of aliphatic hydroxyl groups is 2. The molecule has 0 aromatic rings. The van der Waals surface area contributed by atoms with Crippen molar-refractivity contribution in [2.24, 2.45) is 5.92 Å². The molecule has 55 heavy (non-hydrogen) atoms. The average molecular weight is 825 g/mol. The second-order valence-electron chi connectivity index (χ2n) is 13.9. The average Bonchev–Trinajstić information content (AvgIpc) is 3.12. The molecule has 0 aliphatic rings. The minimum atomic E-state index is -4.87. The molecule has 0 aromatic carbocycles. The molecular formula is C39H70O14P2. The van der Waals surface area contributed by atoms with Crippen molar-refractivity contribution in [1.29, 1.82) is 0 Å². The Hall–Kier alpha value is -1.96. The summed E-state index contributed by atoms with van der Waals surface area (Å²) in [5, 5.41) is 19.7. The molecule has 0 radical (unpaired) electrons. The van der Waals surface area contributed by atoms with Gasteiger partial charge in [0.1, 0.15) is 12.7 Å².